The van der Waals surface area contributed by atoms with Crippen molar-refractivity contribution < 1.29 is 0 Å². The summed E-state index contributed by atoms with van der Waals surface area (Å²) in [6, 6.07) is 155. The fraction of sp³-hybridized carbons (Fsp3) is 0.0377. The van der Waals surface area contributed by atoms with Crippen LogP contribution in [0.2, 0.25) is 0 Å². The fourth-order valence-corrected chi connectivity index (χ4v) is 19.5. The maximum Gasteiger partial charge on any atom is 0.252 e. The van der Waals surface area contributed by atoms with Gasteiger partial charge < -0.3 is 24.5 Å². The second-order valence-electron chi connectivity index (χ2n) is 31.0. The summed E-state index contributed by atoms with van der Waals surface area (Å²) in [4.78, 5) is 15.4. The zero-order valence-electron chi connectivity index (χ0n) is 63.6. The van der Waals surface area contributed by atoms with E-state index in [0.717, 1.165) is 141 Å². The van der Waals surface area contributed by atoms with Crippen molar-refractivity contribution in [1.29, 1.82) is 0 Å². The maximum atomic E-state index is 2.73. The van der Waals surface area contributed by atoms with Crippen molar-refractivity contribution in [3.05, 3.63) is 418 Å². The van der Waals surface area contributed by atoms with E-state index in [1.165, 1.54) is 48.1 Å². The van der Waals surface area contributed by atoms with Crippen LogP contribution in [0.4, 0.5) is 85.3 Å². The van der Waals surface area contributed by atoms with Gasteiger partial charge in [0.2, 0.25) is 6.71 Å². The molecule has 5 nitrogen and oxygen atoms in total. The molecule has 0 amide bonds. The number of anilines is 15. The molecule has 0 atom stereocenters. The molecule has 17 aromatic rings. The molecule has 0 saturated heterocycles. The van der Waals surface area contributed by atoms with Crippen LogP contribution in [-0.4, -0.2) is 13.4 Å². The number of para-hydroxylation sites is 8. The third-order valence-electron chi connectivity index (χ3n) is 23.4. The Morgan fingerprint density at radius 2 is 0.623 bits per heavy atom. The molecule has 8 heteroatoms. The zero-order valence-corrected chi connectivity index (χ0v) is 64.4. The van der Waals surface area contributed by atoms with Gasteiger partial charge in [0, 0.05) is 100 Å². The quantitative estimate of drug-likeness (QED) is 0.100. The number of benzene rings is 17. The largest absolute Gasteiger partial charge is 0.311 e. The number of nitrogens with zero attached hydrogens (tertiary/aromatic N) is 5. The van der Waals surface area contributed by atoms with Gasteiger partial charge in [0.1, 0.15) is 0 Å². The Labute approximate surface area is 672 Å². The van der Waals surface area contributed by atoms with Gasteiger partial charge in [-0.25, -0.2) is 0 Å². The van der Waals surface area contributed by atoms with Crippen LogP contribution >= 0.6 is 11.8 Å². The lowest BCUT2D eigenvalue weighted by Crippen LogP contribution is -2.64. The fourth-order valence-electron chi connectivity index (χ4n) is 18.3. The molecule has 0 aromatic heterocycles. The molecule has 4 aliphatic heterocycles. The molecule has 21 rings (SSSR count). The van der Waals surface area contributed by atoms with E-state index < -0.39 is 0 Å². The third-order valence-corrected chi connectivity index (χ3v) is 24.5. The lowest BCUT2D eigenvalue weighted by atomic mass is 9.30. The Bertz CT molecular complexity index is 6350. The molecule has 0 fully saturated rings. The van der Waals surface area contributed by atoms with Crippen molar-refractivity contribution in [2.45, 2.75) is 36.0 Å². The summed E-state index contributed by atoms with van der Waals surface area (Å²) < 4.78 is 0. The van der Waals surface area contributed by atoms with Gasteiger partial charge in [-0.2, -0.15) is 0 Å². The zero-order chi connectivity index (χ0) is 76.0. The SMILES string of the molecule is CC(C)(C)c1ccc(-c2ccccc2N(c2ccccc2)c2cc3c4c(c2)N(c2c(-c5ccccc5)cccc2-c2ccccc2)c2cc5c(cc2B4c2ccccc2S3)B2c3ccccc3N(c3ccccc3)c3cc(N(c4ccccc4)c4ccccc4)cc(c32)N5c2c(-c3ccccc3)cccc2-c2ccccc2)cc1. The lowest BCUT2D eigenvalue weighted by Gasteiger charge is -2.47. The van der Waals surface area contributed by atoms with Crippen LogP contribution < -0.4 is 57.3 Å². The molecule has 0 radical (unpaired) electrons. The van der Waals surface area contributed by atoms with E-state index in [0.29, 0.717) is 0 Å². The summed E-state index contributed by atoms with van der Waals surface area (Å²) in [6.45, 7) is 6.39. The molecule has 0 unspecified atom stereocenters. The minimum Gasteiger partial charge on any atom is -0.311 e. The van der Waals surface area contributed by atoms with Gasteiger partial charge in [0.25, 0.3) is 6.71 Å². The number of hydrogen-bond acceptors (Lipinski definition) is 6. The van der Waals surface area contributed by atoms with Gasteiger partial charge in [-0.3, -0.25) is 0 Å². The normalized spacial score (nSPS) is 12.7. The second-order valence-corrected chi connectivity index (χ2v) is 32.1. The molecule has 17 aromatic carbocycles. The molecule has 0 N–H and O–H groups in total. The first-order valence-electron chi connectivity index (χ1n) is 39.5. The van der Waals surface area contributed by atoms with Crippen molar-refractivity contribution in [2.24, 2.45) is 0 Å². The Morgan fingerprint density at radius 3 is 1.12 bits per heavy atom. The standard InChI is InChI=1S/C106H77B2N5S/c1-106(2,3)77-64-62-76(63-65-77)84-52-28-31-59-93(84)110(80-48-24-10-25-49-80)83-68-99-103-101(69-83)114-100-61-33-30-58-90(100)108(103)92-70-91-95(71-96(92)113(99)105-87(74-40-16-6-17-41-74)55-35-56-88(105)75-42-18-7-19-43-75)112(104-85(72-36-12-4-13-37-72)53-34-54-86(104)73-38-14-5-15-39-73)98-67-82(109(78-44-20-8-21-45-78)79-46-22-9-23-47-79)66-97-102(98)107(91)89-57-29-32-60-94(89)111(97)81-50-26-11-27-51-81/h4-71H,1-3H3. The molecule has 4 heterocycles. The summed E-state index contributed by atoms with van der Waals surface area (Å²) in [5.41, 5.74) is 36.2. The van der Waals surface area contributed by atoms with Gasteiger partial charge in [-0.05, 0) is 163 Å². The maximum absolute atomic E-state index is 2.73. The van der Waals surface area contributed by atoms with Crippen LogP contribution in [-0.2, 0) is 5.41 Å². The van der Waals surface area contributed by atoms with Crippen LogP contribution in [0.25, 0.3) is 55.6 Å². The summed E-state index contributed by atoms with van der Waals surface area (Å²) in [5.74, 6) is 0. The van der Waals surface area contributed by atoms with Crippen molar-refractivity contribution in [3.8, 4) is 55.6 Å². The monoisotopic (exact) mass is 1470 g/mol. The molecule has 0 bridgehead atoms. The average molecular weight is 1470 g/mol. The topological polar surface area (TPSA) is 16.2 Å². The molecule has 4 aliphatic rings. The van der Waals surface area contributed by atoms with Crippen molar-refractivity contribution in [2.75, 3.05) is 24.5 Å². The van der Waals surface area contributed by atoms with Gasteiger partial charge in [-0.15, -0.1) is 0 Å². The van der Waals surface area contributed by atoms with Crippen molar-refractivity contribution in [1.82, 2.24) is 0 Å². The van der Waals surface area contributed by atoms with Gasteiger partial charge >= 0.3 is 0 Å². The van der Waals surface area contributed by atoms with E-state index in [1.807, 2.05) is 11.8 Å². The minimum atomic E-state index is -0.270. The van der Waals surface area contributed by atoms with Gasteiger partial charge in [-0.1, -0.05) is 353 Å². The van der Waals surface area contributed by atoms with Crippen LogP contribution in [0.3, 0.4) is 0 Å². The van der Waals surface area contributed by atoms with Gasteiger partial charge in [0.15, 0.2) is 0 Å². The average Bonchev–Trinajstić information content (AvgIpc) is 0.680. The van der Waals surface area contributed by atoms with Crippen molar-refractivity contribution >= 4 is 143 Å². The van der Waals surface area contributed by atoms with E-state index in [2.05, 4.69) is 458 Å². The van der Waals surface area contributed by atoms with Crippen LogP contribution in [0.15, 0.2) is 422 Å². The first kappa shape index (κ1) is 68.3. The highest BCUT2D eigenvalue weighted by molar-refractivity contribution is 8.00. The van der Waals surface area contributed by atoms with E-state index in [1.54, 1.807) is 0 Å². The lowest BCUT2D eigenvalue weighted by molar-refractivity contribution is 0.590. The van der Waals surface area contributed by atoms with E-state index >= 15 is 0 Å². The number of hydrogen-bond donors (Lipinski definition) is 0. The van der Waals surface area contributed by atoms with E-state index in [4.69, 9.17) is 0 Å². The molecule has 538 valence electrons. The summed E-state index contributed by atoms with van der Waals surface area (Å²) in [6.07, 6.45) is 0. The van der Waals surface area contributed by atoms with Gasteiger partial charge in [0.05, 0.1) is 22.7 Å². The smallest absolute Gasteiger partial charge is 0.252 e. The Hall–Kier alpha value is -13.8. The van der Waals surface area contributed by atoms with Crippen LogP contribution in [0.5, 0.6) is 0 Å². The predicted octanol–water partition coefficient (Wildman–Crippen LogP) is 25.1. The number of rotatable bonds is 14. The number of fused-ring (bicyclic) bond motifs is 8. The van der Waals surface area contributed by atoms with E-state index in [-0.39, 0.29) is 18.8 Å². The predicted molar refractivity (Wildman–Crippen MR) is 486 cm³/mol. The molecule has 0 saturated carbocycles. The third kappa shape index (κ3) is 11.6. The summed E-state index contributed by atoms with van der Waals surface area (Å²) in [5, 5.41) is 0. The highest BCUT2D eigenvalue weighted by Gasteiger charge is 2.49. The highest BCUT2D eigenvalue weighted by Crippen LogP contribution is 2.57. The molecule has 0 aliphatic carbocycles. The Morgan fingerprint density at radius 1 is 0.246 bits per heavy atom. The summed E-state index contributed by atoms with van der Waals surface area (Å²) in [7, 11) is 0. The highest BCUT2D eigenvalue weighted by atomic mass is 32.2. The Kier molecular flexibility index (Phi) is 16.9. The van der Waals surface area contributed by atoms with Crippen LogP contribution in [0, 0.1) is 0 Å². The van der Waals surface area contributed by atoms with Crippen LogP contribution in [0.1, 0.15) is 26.3 Å². The molecule has 0 spiro atoms. The summed E-state index contributed by atoms with van der Waals surface area (Å²) >= 11 is 1.90. The van der Waals surface area contributed by atoms with E-state index in [9.17, 15) is 0 Å². The second kappa shape index (κ2) is 28.2. The first-order chi connectivity index (χ1) is 56.3. The molecular formula is C106H77B2N5S. The van der Waals surface area contributed by atoms with Crippen molar-refractivity contribution in [3.63, 3.8) is 0 Å². The minimum absolute atomic E-state index is 0.0114. The Balaban J connectivity index is 0.933. The molecule has 114 heavy (non-hydrogen) atoms. The first-order valence-corrected chi connectivity index (χ1v) is 40.4. The molecular weight excluding hydrogens is 1400 g/mol.